The number of hydrazone groups is 1. The highest BCUT2D eigenvalue weighted by Gasteiger charge is 2.14. The number of fused-ring (bicyclic) bond motifs is 2. The van der Waals surface area contributed by atoms with Crippen LogP contribution in [0.25, 0.3) is 27.5 Å². The van der Waals surface area contributed by atoms with Crippen molar-refractivity contribution in [2.24, 2.45) is 5.10 Å². The first-order valence-electron chi connectivity index (χ1n) is 11.2. The molecule has 0 saturated carbocycles. The van der Waals surface area contributed by atoms with Gasteiger partial charge >= 0.3 is 0 Å². The lowest BCUT2D eigenvalue weighted by Gasteiger charge is -2.14. The van der Waals surface area contributed by atoms with Crippen LogP contribution >= 0.6 is 11.6 Å². The number of para-hydroxylation sites is 3. The van der Waals surface area contributed by atoms with E-state index < -0.39 is 0 Å². The summed E-state index contributed by atoms with van der Waals surface area (Å²) in [5.41, 5.74) is 7.74. The summed E-state index contributed by atoms with van der Waals surface area (Å²) in [4.78, 5) is 25.7. The third-order valence-electron chi connectivity index (χ3n) is 6.14. The van der Waals surface area contributed by atoms with Gasteiger partial charge in [-0.2, -0.15) is 5.10 Å². The van der Waals surface area contributed by atoms with E-state index in [0.29, 0.717) is 26.8 Å². The quantitative estimate of drug-likeness (QED) is 0.208. The second kappa shape index (κ2) is 9.24. The predicted molar refractivity (Wildman–Crippen MR) is 142 cm³/mol. The zero-order valence-electron chi connectivity index (χ0n) is 19.3. The standard InChI is InChI=1S/C28H23ClN4O2/c1-18-15-20(19(2)33(18)26-14-8-5-11-23(26)29)16-30-31-27(34)17-32-24-12-6-3-9-21(24)28(35)22-10-4-7-13-25(22)32/h3-16H,17H2,1-2H3,(H,31,34)/b30-16-. The van der Waals surface area contributed by atoms with E-state index >= 15 is 0 Å². The topological polar surface area (TPSA) is 68.4 Å². The average Bonchev–Trinajstić information content (AvgIpc) is 3.14. The normalized spacial score (nSPS) is 11.5. The molecule has 0 radical (unpaired) electrons. The molecule has 174 valence electrons. The van der Waals surface area contributed by atoms with Crippen LogP contribution in [0.15, 0.2) is 88.8 Å². The third kappa shape index (κ3) is 4.13. The first-order valence-corrected chi connectivity index (χ1v) is 11.6. The van der Waals surface area contributed by atoms with Gasteiger partial charge in [0.15, 0.2) is 5.43 Å². The van der Waals surface area contributed by atoms with Gasteiger partial charge in [0.1, 0.15) is 6.54 Å². The van der Waals surface area contributed by atoms with Crippen molar-refractivity contribution >= 4 is 45.5 Å². The first kappa shape index (κ1) is 22.6. The second-order valence-corrected chi connectivity index (χ2v) is 8.76. The minimum atomic E-state index is -0.292. The monoisotopic (exact) mass is 482 g/mol. The molecule has 0 aliphatic rings. The number of pyridine rings is 1. The van der Waals surface area contributed by atoms with Gasteiger partial charge in [-0.1, -0.05) is 48.0 Å². The number of halogens is 1. The highest BCUT2D eigenvalue weighted by Crippen LogP contribution is 2.25. The molecule has 2 aromatic heterocycles. The molecule has 0 saturated heterocycles. The number of hydrogen-bond acceptors (Lipinski definition) is 3. The van der Waals surface area contributed by atoms with Crippen LogP contribution in [0.5, 0.6) is 0 Å². The molecule has 0 unspecified atom stereocenters. The van der Waals surface area contributed by atoms with Crippen LogP contribution in [0, 0.1) is 13.8 Å². The number of carbonyl (C=O) groups excluding carboxylic acids is 1. The summed E-state index contributed by atoms with van der Waals surface area (Å²) < 4.78 is 3.91. The largest absolute Gasteiger partial charge is 0.331 e. The summed E-state index contributed by atoms with van der Waals surface area (Å²) in [5.74, 6) is -0.292. The van der Waals surface area contributed by atoms with Crippen LogP contribution in [0.1, 0.15) is 17.0 Å². The summed E-state index contributed by atoms with van der Waals surface area (Å²) >= 11 is 6.39. The fourth-order valence-corrected chi connectivity index (χ4v) is 4.74. The van der Waals surface area contributed by atoms with E-state index in [2.05, 4.69) is 15.1 Å². The number of nitrogens with one attached hydrogen (secondary N) is 1. The van der Waals surface area contributed by atoms with Gasteiger partial charge in [0.25, 0.3) is 5.91 Å². The lowest BCUT2D eigenvalue weighted by atomic mass is 10.1. The number of carbonyl (C=O) groups is 1. The van der Waals surface area contributed by atoms with Crippen molar-refractivity contribution in [3.8, 4) is 5.69 Å². The fraction of sp³-hybridized carbons (Fsp3) is 0.107. The van der Waals surface area contributed by atoms with E-state index in [1.54, 1.807) is 18.3 Å². The molecule has 1 amide bonds. The highest BCUT2D eigenvalue weighted by molar-refractivity contribution is 6.32. The molecule has 2 heterocycles. The number of aryl methyl sites for hydroxylation is 1. The Kier molecular flexibility index (Phi) is 5.97. The van der Waals surface area contributed by atoms with Gasteiger partial charge in [-0.3, -0.25) is 9.59 Å². The first-order chi connectivity index (χ1) is 17.0. The molecule has 6 nitrogen and oxygen atoms in total. The Balaban J connectivity index is 1.41. The van der Waals surface area contributed by atoms with E-state index in [0.717, 1.165) is 22.6 Å². The van der Waals surface area contributed by atoms with Crippen molar-refractivity contribution in [2.75, 3.05) is 0 Å². The molecule has 5 aromatic rings. The van der Waals surface area contributed by atoms with E-state index in [-0.39, 0.29) is 17.9 Å². The number of nitrogens with zero attached hydrogens (tertiary/aromatic N) is 3. The van der Waals surface area contributed by atoms with Crippen molar-refractivity contribution in [1.82, 2.24) is 14.6 Å². The molecule has 0 atom stereocenters. The summed E-state index contributed by atoms with van der Waals surface area (Å²) in [6.07, 6.45) is 1.63. The molecule has 0 aliphatic carbocycles. The van der Waals surface area contributed by atoms with E-state index in [1.807, 2.05) is 85.1 Å². The van der Waals surface area contributed by atoms with Gasteiger partial charge in [-0.15, -0.1) is 0 Å². The van der Waals surface area contributed by atoms with Crippen LogP contribution in [0.2, 0.25) is 5.02 Å². The Labute approximate surface area is 207 Å². The van der Waals surface area contributed by atoms with Gasteiger partial charge < -0.3 is 9.13 Å². The molecule has 5 rings (SSSR count). The summed E-state index contributed by atoms with van der Waals surface area (Å²) in [6.45, 7) is 4.01. The molecule has 35 heavy (non-hydrogen) atoms. The molecule has 1 N–H and O–H groups in total. The lowest BCUT2D eigenvalue weighted by molar-refractivity contribution is -0.121. The molecule has 0 aliphatic heterocycles. The average molecular weight is 483 g/mol. The smallest absolute Gasteiger partial charge is 0.260 e. The maximum atomic E-state index is 12.9. The van der Waals surface area contributed by atoms with Crippen LogP contribution in [0.4, 0.5) is 0 Å². The molecule has 7 heteroatoms. The van der Waals surface area contributed by atoms with Crippen LogP contribution in [-0.2, 0) is 11.3 Å². The zero-order chi connectivity index (χ0) is 24.5. The van der Waals surface area contributed by atoms with E-state index in [4.69, 9.17) is 11.6 Å². The van der Waals surface area contributed by atoms with Gasteiger partial charge in [0.05, 0.1) is 28.0 Å². The number of benzene rings is 3. The number of rotatable bonds is 5. The number of amides is 1. The summed E-state index contributed by atoms with van der Waals surface area (Å²) in [7, 11) is 0. The minimum absolute atomic E-state index is 0.0251. The maximum Gasteiger partial charge on any atom is 0.260 e. The van der Waals surface area contributed by atoms with Gasteiger partial charge in [-0.05, 0) is 56.3 Å². The molecule has 3 aromatic carbocycles. The Bertz CT molecular complexity index is 1620. The van der Waals surface area contributed by atoms with Crippen molar-refractivity contribution in [3.63, 3.8) is 0 Å². The SMILES string of the molecule is Cc1cc(/C=N\NC(=O)Cn2c3ccccc3c(=O)c3ccccc32)c(C)n1-c1ccccc1Cl. The number of aromatic nitrogens is 2. The highest BCUT2D eigenvalue weighted by atomic mass is 35.5. The number of hydrogen-bond donors (Lipinski definition) is 1. The Morgan fingerprint density at radius 2 is 1.54 bits per heavy atom. The fourth-order valence-electron chi connectivity index (χ4n) is 4.52. The van der Waals surface area contributed by atoms with Gasteiger partial charge in [0, 0.05) is 27.7 Å². The van der Waals surface area contributed by atoms with Crippen LogP contribution in [0.3, 0.4) is 0 Å². The van der Waals surface area contributed by atoms with E-state index in [1.165, 1.54) is 0 Å². The van der Waals surface area contributed by atoms with Crippen molar-refractivity contribution in [2.45, 2.75) is 20.4 Å². The molecular formula is C28H23ClN4O2. The predicted octanol–water partition coefficient (Wildman–Crippen LogP) is 5.37. The van der Waals surface area contributed by atoms with Crippen molar-refractivity contribution in [1.29, 1.82) is 0 Å². The van der Waals surface area contributed by atoms with Crippen molar-refractivity contribution < 1.29 is 4.79 Å². The van der Waals surface area contributed by atoms with E-state index in [9.17, 15) is 9.59 Å². The Morgan fingerprint density at radius 1 is 0.943 bits per heavy atom. The van der Waals surface area contributed by atoms with Crippen molar-refractivity contribution in [3.05, 3.63) is 111 Å². The summed E-state index contributed by atoms with van der Waals surface area (Å²) in [5, 5.41) is 6.02. The molecular weight excluding hydrogens is 460 g/mol. The second-order valence-electron chi connectivity index (χ2n) is 8.36. The lowest BCUT2D eigenvalue weighted by Crippen LogP contribution is -2.25. The third-order valence-corrected chi connectivity index (χ3v) is 6.46. The zero-order valence-corrected chi connectivity index (χ0v) is 20.1. The Morgan fingerprint density at radius 3 is 2.20 bits per heavy atom. The minimum Gasteiger partial charge on any atom is -0.331 e. The van der Waals surface area contributed by atoms with Crippen LogP contribution in [-0.4, -0.2) is 21.3 Å². The molecule has 0 bridgehead atoms. The summed E-state index contributed by atoms with van der Waals surface area (Å²) in [6, 6.07) is 24.3. The van der Waals surface area contributed by atoms with Gasteiger partial charge in [-0.25, -0.2) is 5.43 Å². The molecule has 0 spiro atoms. The Hall–Kier alpha value is -4.16. The van der Waals surface area contributed by atoms with Crippen LogP contribution < -0.4 is 10.9 Å². The maximum absolute atomic E-state index is 12.9. The molecule has 0 fully saturated rings. The van der Waals surface area contributed by atoms with Gasteiger partial charge in [0.2, 0.25) is 0 Å².